The van der Waals surface area contributed by atoms with Crippen molar-refractivity contribution < 1.29 is 4.52 Å². The zero-order valence-electron chi connectivity index (χ0n) is 14.2. The van der Waals surface area contributed by atoms with E-state index in [1.54, 1.807) is 19.2 Å². The Morgan fingerprint density at radius 2 is 1.92 bits per heavy atom. The van der Waals surface area contributed by atoms with Gasteiger partial charge in [-0.15, -0.1) is 24.0 Å². The standard InChI is InChI=1S/C17H19ClN6O.HI/c1-19-17(20-8-11-24-9-2-3-10-24)21-12-15-22-16(23-25-15)13-4-6-14(18)7-5-13;/h2-7,9-10H,8,11-12H2,1H3,(H2,19,20,21);1H. The van der Waals surface area contributed by atoms with Crippen LogP contribution >= 0.6 is 35.6 Å². The zero-order chi connectivity index (χ0) is 17.5. The second-order valence-electron chi connectivity index (χ2n) is 5.29. The van der Waals surface area contributed by atoms with Crippen molar-refractivity contribution in [2.45, 2.75) is 13.1 Å². The molecule has 0 saturated heterocycles. The molecule has 26 heavy (non-hydrogen) atoms. The molecule has 0 fully saturated rings. The van der Waals surface area contributed by atoms with Crippen LogP contribution in [-0.4, -0.2) is 34.3 Å². The van der Waals surface area contributed by atoms with Gasteiger partial charge in [-0.1, -0.05) is 16.8 Å². The molecule has 0 aliphatic carbocycles. The van der Waals surface area contributed by atoms with Crippen LogP contribution in [-0.2, 0) is 13.1 Å². The lowest BCUT2D eigenvalue weighted by Crippen LogP contribution is -2.38. The molecule has 0 spiro atoms. The SMILES string of the molecule is CN=C(NCCn1cccc1)NCc1nc(-c2ccc(Cl)cc2)no1.I. The average molecular weight is 487 g/mol. The van der Waals surface area contributed by atoms with Gasteiger partial charge in [0.2, 0.25) is 11.7 Å². The maximum atomic E-state index is 5.88. The molecule has 138 valence electrons. The normalized spacial score (nSPS) is 11.1. The summed E-state index contributed by atoms with van der Waals surface area (Å²) in [5.74, 6) is 1.70. The molecule has 2 N–H and O–H groups in total. The van der Waals surface area contributed by atoms with E-state index in [1.807, 2.05) is 36.7 Å². The van der Waals surface area contributed by atoms with Gasteiger partial charge in [0.1, 0.15) is 0 Å². The minimum Gasteiger partial charge on any atom is -0.355 e. The van der Waals surface area contributed by atoms with Gasteiger partial charge in [0.15, 0.2) is 5.96 Å². The fraction of sp³-hybridized carbons (Fsp3) is 0.235. The van der Waals surface area contributed by atoms with E-state index in [0.717, 1.165) is 18.7 Å². The van der Waals surface area contributed by atoms with E-state index in [1.165, 1.54) is 0 Å². The molecule has 9 heteroatoms. The second kappa shape index (κ2) is 10.2. The fourth-order valence-corrected chi connectivity index (χ4v) is 2.37. The average Bonchev–Trinajstić information content (AvgIpc) is 3.30. The van der Waals surface area contributed by atoms with Crippen molar-refractivity contribution in [3.63, 3.8) is 0 Å². The van der Waals surface area contributed by atoms with Crippen LogP contribution in [0.2, 0.25) is 5.02 Å². The molecular formula is C17H20ClIN6O. The first-order valence-electron chi connectivity index (χ1n) is 7.88. The van der Waals surface area contributed by atoms with Crippen molar-refractivity contribution >= 4 is 41.5 Å². The van der Waals surface area contributed by atoms with Crippen LogP contribution in [0.25, 0.3) is 11.4 Å². The van der Waals surface area contributed by atoms with Crippen molar-refractivity contribution in [1.82, 2.24) is 25.3 Å². The van der Waals surface area contributed by atoms with Crippen LogP contribution in [0.3, 0.4) is 0 Å². The van der Waals surface area contributed by atoms with E-state index >= 15 is 0 Å². The lowest BCUT2D eigenvalue weighted by atomic mass is 10.2. The molecule has 3 rings (SSSR count). The number of halogens is 2. The first-order valence-corrected chi connectivity index (χ1v) is 8.26. The van der Waals surface area contributed by atoms with Gasteiger partial charge in [0, 0.05) is 43.1 Å². The number of nitrogens with zero attached hydrogens (tertiary/aromatic N) is 4. The second-order valence-corrected chi connectivity index (χ2v) is 5.73. The number of nitrogens with one attached hydrogen (secondary N) is 2. The largest absolute Gasteiger partial charge is 0.355 e. The van der Waals surface area contributed by atoms with E-state index in [2.05, 4.69) is 30.3 Å². The number of guanidine groups is 1. The number of hydrogen-bond donors (Lipinski definition) is 2. The fourth-order valence-electron chi connectivity index (χ4n) is 2.25. The zero-order valence-corrected chi connectivity index (χ0v) is 17.3. The lowest BCUT2D eigenvalue weighted by molar-refractivity contribution is 0.375. The van der Waals surface area contributed by atoms with Crippen molar-refractivity contribution in [3.05, 3.63) is 59.7 Å². The topological polar surface area (TPSA) is 80.3 Å². The molecule has 1 aromatic carbocycles. The van der Waals surface area contributed by atoms with Crippen molar-refractivity contribution in [2.75, 3.05) is 13.6 Å². The van der Waals surface area contributed by atoms with Gasteiger partial charge in [-0.2, -0.15) is 4.98 Å². The number of benzene rings is 1. The van der Waals surface area contributed by atoms with Gasteiger partial charge in [-0.25, -0.2) is 0 Å². The number of hydrogen-bond acceptors (Lipinski definition) is 4. The van der Waals surface area contributed by atoms with Crippen LogP contribution in [0, 0.1) is 0 Å². The summed E-state index contributed by atoms with van der Waals surface area (Å²) in [6.07, 6.45) is 4.04. The highest BCUT2D eigenvalue weighted by Crippen LogP contribution is 2.18. The van der Waals surface area contributed by atoms with Gasteiger partial charge >= 0.3 is 0 Å². The third-order valence-corrected chi connectivity index (χ3v) is 3.78. The summed E-state index contributed by atoms with van der Waals surface area (Å²) in [6, 6.07) is 11.3. The Kier molecular flexibility index (Phi) is 7.92. The number of aromatic nitrogens is 3. The molecular weight excluding hydrogens is 467 g/mol. The van der Waals surface area contributed by atoms with E-state index in [4.69, 9.17) is 16.1 Å². The number of rotatable bonds is 6. The molecule has 0 aliphatic rings. The van der Waals surface area contributed by atoms with Crippen molar-refractivity contribution in [2.24, 2.45) is 4.99 Å². The number of aliphatic imine (C=N–C) groups is 1. The van der Waals surface area contributed by atoms with Gasteiger partial charge in [0.05, 0.1) is 6.54 Å². The molecule has 0 amide bonds. The molecule has 0 aliphatic heterocycles. The first kappa shape index (κ1) is 20.2. The third-order valence-electron chi connectivity index (χ3n) is 3.53. The third kappa shape index (κ3) is 5.73. The summed E-state index contributed by atoms with van der Waals surface area (Å²) in [7, 11) is 1.72. The molecule has 0 radical (unpaired) electrons. The molecule has 0 unspecified atom stereocenters. The van der Waals surface area contributed by atoms with Gasteiger partial charge < -0.3 is 19.7 Å². The predicted molar refractivity (Wildman–Crippen MR) is 113 cm³/mol. The van der Waals surface area contributed by atoms with Crippen LogP contribution in [0.5, 0.6) is 0 Å². The highest BCUT2D eigenvalue weighted by Gasteiger charge is 2.09. The van der Waals surface area contributed by atoms with Gasteiger partial charge in [-0.05, 0) is 36.4 Å². The summed E-state index contributed by atoms with van der Waals surface area (Å²) in [6.45, 7) is 2.01. The molecule has 7 nitrogen and oxygen atoms in total. The summed E-state index contributed by atoms with van der Waals surface area (Å²) >= 11 is 5.88. The molecule has 3 aromatic rings. The van der Waals surface area contributed by atoms with Crippen LogP contribution in [0.1, 0.15) is 5.89 Å². The van der Waals surface area contributed by atoms with E-state index in [-0.39, 0.29) is 24.0 Å². The summed E-state index contributed by atoms with van der Waals surface area (Å²) in [5, 5.41) is 11.0. The quantitative estimate of drug-likeness (QED) is 0.318. The van der Waals surface area contributed by atoms with E-state index in [9.17, 15) is 0 Å². The molecule has 0 bridgehead atoms. The van der Waals surface area contributed by atoms with Crippen molar-refractivity contribution in [3.8, 4) is 11.4 Å². The monoisotopic (exact) mass is 486 g/mol. The van der Waals surface area contributed by atoms with E-state index < -0.39 is 0 Å². The lowest BCUT2D eigenvalue weighted by Gasteiger charge is -2.10. The Bertz CT molecular complexity index is 816. The summed E-state index contributed by atoms with van der Waals surface area (Å²) in [4.78, 5) is 8.54. The van der Waals surface area contributed by atoms with Gasteiger partial charge in [-0.3, -0.25) is 4.99 Å². The highest BCUT2D eigenvalue weighted by molar-refractivity contribution is 14.0. The van der Waals surface area contributed by atoms with Crippen LogP contribution < -0.4 is 10.6 Å². The first-order chi connectivity index (χ1) is 12.2. The molecule has 2 aromatic heterocycles. The van der Waals surface area contributed by atoms with Crippen LogP contribution in [0.15, 0.2) is 58.3 Å². The minimum atomic E-state index is 0. The summed E-state index contributed by atoms with van der Waals surface area (Å²) < 4.78 is 7.36. The summed E-state index contributed by atoms with van der Waals surface area (Å²) in [5.41, 5.74) is 0.855. The van der Waals surface area contributed by atoms with Crippen molar-refractivity contribution in [1.29, 1.82) is 0 Å². The Labute approximate surface area is 173 Å². The van der Waals surface area contributed by atoms with Crippen LogP contribution in [0.4, 0.5) is 0 Å². The highest BCUT2D eigenvalue weighted by atomic mass is 127. The maximum Gasteiger partial charge on any atom is 0.246 e. The molecule has 0 saturated carbocycles. The Morgan fingerprint density at radius 3 is 2.62 bits per heavy atom. The van der Waals surface area contributed by atoms with E-state index in [0.29, 0.717) is 29.2 Å². The Morgan fingerprint density at radius 1 is 1.19 bits per heavy atom. The Hall–Kier alpha value is -2.07. The smallest absolute Gasteiger partial charge is 0.246 e. The molecule has 2 heterocycles. The predicted octanol–water partition coefficient (Wildman–Crippen LogP) is 3.17. The van der Waals surface area contributed by atoms with Gasteiger partial charge in [0.25, 0.3) is 0 Å². The Balaban J connectivity index is 0.00000243. The minimum absolute atomic E-state index is 0. The molecule has 0 atom stereocenters. The maximum absolute atomic E-state index is 5.88.